The number of carbonyl (C=O) groups excluding carboxylic acids is 1. The molecule has 1 aromatic heterocycles. The highest BCUT2D eigenvalue weighted by Crippen LogP contribution is 2.30. The summed E-state index contributed by atoms with van der Waals surface area (Å²) in [6.07, 6.45) is 3.62. The first-order valence-corrected chi connectivity index (χ1v) is 6.61. The van der Waals surface area contributed by atoms with E-state index in [-0.39, 0.29) is 29.5 Å². The molecule has 0 aliphatic heterocycles. The van der Waals surface area contributed by atoms with Crippen LogP contribution in [0.25, 0.3) is 0 Å². The van der Waals surface area contributed by atoms with E-state index in [1.165, 1.54) is 18.7 Å². The molecule has 0 unspecified atom stereocenters. The Morgan fingerprint density at radius 3 is 2.57 bits per heavy atom. The second-order valence-electron chi connectivity index (χ2n) is 5.31. The Morgan fingerprint density at radius 1 is 1.52 bits per heavy atom. The largest absolute Gasteiger partial charge is 0.344 e. The number of halogens is 1. The normalized spacial score (nSPS) is 16.3. The number of aromatic nitrogens is 2. The lowest BCUT2D eigenvalue weighted by molar-refractivity contribution is -0.385. The van der Waals surface area contributed by atoms with E-state index in [1.54, 1.807) is 0 Å². The molecule has 3 N–H and O–H groups in total. The summed E-state index contributed by atoms with van der Waals surface area (Å²) in [6.45, 7) is 1.85. The number of nitrogens with one attached hydrogen (secondary N) is 1. The fourth-order valence-corrected chi connectivity index (χ4v) is 2.85. The maximum absolute atomic E-state index is 12.4. The van der Waals surface area contributed by atoms with Gasteiger partial charge in [-0.05, 0) is 19.8 Å². The fraction of sp³-hybridized carbons (Fsp3) is 0.667. The Labute approximate surface area is 128 Å². The lowest BCUT2D eigenvalue weighted by Crippen LogP contribution is -2.52. The van der Waals surface area contributed by atoms with Crippen molar-refractivity contribution in [1.82, 2.24) is 15.1 Å². The molecular formula is C12H20ClN5O3. The molecule has 118 valence electrons. The Bertz CT molecular complexity index is 551. The van der Waals surface area contributed by atoms with Gasteiger partial charge >= 0.3 is 5.69 Å². The summed E-state index contributed by atoms with van der Waals surface area (Å²) in [5, 5.41) is 17.9. The minimum absolute atomic E-state index is 0. The van der Waals surface area contributed by atoms with Gasteiger partial charge in [-0.3, -0.25) is 19.6 Å². The number of nitrogens with two attached hydrogens (primary N) is 1. The third kappa shape index (κ3) is 3.16. The molecule has 0 bridgehead atoms. The van der Waals surface area contributed by atoms with E-state index in [4.69, 9.17) is 5.73 Å². The van der Waals surface area contributed by atoms with Crippen LogP contribution in [-0.2, 0) is 7.05 Å². The Balaban J connectivity index is 0.00000220. The zero-order valence-electron chi connectivity index (χ0n) is 12.1. The second kappa shape index (κ2) is 6.40. The molecule has 21 heavy (non-hydrogen) atoms. The molecule has 1 fully saturated rings. The third-order valence-corrected chi connectivity index (χ3v) is 3.92. The zero-order valence-corrected chi connectivity index (χ0v) is 12.9. The van der Waals surface area contributed by atoms with Gasteiger partial charge in [-0.1, -0.05) is 12.8 Å². The van der Waals surface area contributed by atoms with Crippen molar-refractivity contribution in [3.8, 4) is 0 Å². The SMILES string of the molecule is Cc1nn(C)c(C(=O)NC2(CN)CCCC2)c1[N+](=O)[O-].Cl. The van der Waals surface area contributed by atoms with Crippen LogP contribution in [0.4, 0.5) is 5.69 Å². The van der Waals surface area contributed by atoms with Crippen LogP contribution in [0.5, 0.6) is 0 Å². The van der Waals surface area contributed by atoms with E-state index in [0.717, 1.165) is 25.7 Å². The van der Waals surface area contributed by atoms with Gasteiger partial charge in [0.25, 0.3) is 5.91 Å². The number of carbonyl (C=O) groups is 1. The first kappa shape index (κ1) is 17.4. The van der Waals surface area contributed by atoms with Gasteiger partial charge in [-0.2, -0.15) is 5.10 Å². The molecule has 1 amide bonds. The number of amides is 1. The molecule has 0 radical (unpaired) electrons. The van der Waals surface area contributed by atoms with Crippen LogP contribution >= 0.6 is 12.4 Å². The highest BCUT2D eigenvalue weighted by atomic mass is 35.5. The topological polar surface area (TPSA) is 116 Å². The van der Waals surface area contributed by atoms with Gasteiger partial charge < -0.3 is 11.1 Å². The first-order chi connectivity index (χ1) is 9.40. The summed E-state index contributed by atoms with van der Waals surface area (Å²) in [7, 11) is 1.53. The number of nitro groups is 1. The van der Waals surface area contributed by atoms with Crippen LogP contribution in [0, 0.1) is 17.0 Å². The van der Waals surface area contributed by atoms with Gasteiger partial charge in [-0.25, -0.2) is 0 Å². The van der Waals surface area contributed by atoms with E-state index in [2.05, 4.69) is 10.4 Å². The summed E-state index contributed by atoms with van der Waals surface area (Å²) in [5.74, 6) is -0.479. The molecule has 1 aromatic rings. The van der Waals surface area contributed by atoms with E-state index in [0.29, 0.717) is 6.54 Å². The fourth-order valence-electron chi connectivity index (χ4n) is 2.85. The molecule has 2 rings (SSSR count). The van der Waals surface area contributed by atoms with Gasteiger partial charge in [0.15, 0.2) is 0 Å². The Hall–Kier alpha value is -1.67. The van der Waals surface area contributed by atoms with Crippen molar-refractivity contribution in [3.05, 3.63) is 21.5 Å². The summed E-state index contributed by atoms with van der Waals surface area (Å²) in [6, 6.07) is 0. The first-order valence-electron chi connectivity index (χ1n) is 6.61. The van der Waals surface area contributed by atoms with Gasteiger partial charge in [0.1, 0.15) is 5.69 Å². The van der Waals surface area contributed by atoms with Gasteiger partial charge in [0.05, 0.1) is 10.5 Å². The number of rotatable bonds is 4. The molecule has 1 aliphatic rings. The van der Waals surface area contributed by atoms with Crippen LogP contribution in [0.15, 0.2) is 0 Å². The smallest absolute Gasteiger partial charge is 0.322 e. The number of nitrogens with zero attached hydrogens (tertiary/aromatic N) is 3. The maximum Gasteiger partial charge on any atom is 0.322 e. The summed E-state index contributed by atoms with van der Waals surface area (Å²) in [4.78, 5) is 22.9. The van der Waals surface area contributed by atoms with Gasteiger partial charge in [0.2, 0.25) is 5.69 Å². The third-order valence-electron chi connectivity index (χ3n) is 3.92. The predicted molar refractivity (Wildman–Crippen MR) is 79.6 cm³/mol. The van der Waals surface area contributed by atoms with Crippen molar-refractivity contribution < 1.29 is 9.72 Å². The monoisotopic (exact) mass is 317 g/mol. The molecule has 1 aliphatic carbocycles. The zero-order chi connectivity index (χ0) is 14.9. The lowest BCUT2D eigenvalue weighted by Gasteiger charge is -2.28. The molecule has 0 saturated heterocycles. The van der Waals surface area contributed by atoms with Crippen molar-refractivity contribution in [2.24, 2.45) is 12.8 Å². The van der Waals surface area contributed by atoms with E-state index in [1.807, 2.05) is 0 Å². The van der Waals surface area contributed by atoms with Crippen molar-refractivity contribution in [2.75, 3.05) is 6.54 Å². The molecule has 0 atom stereocenters. The van der Waals surface area contributed by atoms with Crippen LogP contribution in [0.2, 0.25) is 0 Å². The second-order valence-corrected chi connectivity index (χ2v) is 5.31. The number of aryl methyl sites for hydroxylation is 2. The van der Waals surface area contributed by atoms with Crippen molar-refractivity contribution in [2.45, 2.75) is 38.1 Å². The Morgan fingerprint density at radius 2 is 2.10 bits per heavy atom. The predicted octanol–water partition coefficient (Wildman–Crippen LogP) is 1.06. The summed E-state index contributed by atoms with van der Waals surface area (Å²) >= 11 is 0. The van der Waals surface area contributed by atoms with E-state index < -0.39 is 16.4 Å². The molecule has 9 heteroatoms. The highest BCUT2D eigenvalue weighted by Gasteiger charge is 2.37. The molecule has 8 nitrogen and oxygen atoms in total. The minimum atomic E-state index is -0.568. The molecule has 1 saturated carbocycles. The van der Waals surface area contributed by atoms with Gasteiger partial charge in [-0.15, -0.1) is 12.4 Å². The van der Waals surface area contributed by atoms with Crippen molar-refractivity contribution in [3.63, 3.8) is 0 Å². The lowest BCUT2D eigenvalue weighted by atomic mass is 9.97. The maximum atomic E-state index is 12.4. The minimum Gasteiger partial charge on any atom is -0.344 e. The highest BCUT2D eigenvalue weighted by molar-refractivity contribution is 5.97. The number of hydrogen-bond acceptors (Lipinski definition) is 5. The van der Waals surface area contributed by atoms with Crippen LogP contribution < -0.4 is 11.1 Å². The molecule has 0 spiro atoms. The van der Waals surface area contributed by atoms with Crippen LogP contribution in [0.1, 0.15) is 41.9 Å². The molecule has 1 heterocycles. The van der Waals surface area contributed by atoms with Gasteiger partial charge in [0, 0.05) is 13.6 Å². The van der Waals surface area contributed by atoms with E-state index >= 15 is 0 Å². The number of hydrogen-bond donors (Lipinski definition) is 2. The van der Waals surface area contributed by atoms with E-state index in [9.17, 15) is 14.9 Å². The van der Waals surface area contributed by atoms with Crippen LogP contribution in [0.3, 0.4) is 0 Å². The summed E-state index contributed by atoms with van der Waals surface area (Å²) in [5.41, 5.74) is 5.29. The molecular weight excluding hydrogens is 298 g/mol. The summed E-state index contributed by atoms with van der Waals surface area (Å²) < 4.78 is 1.25. The Kier molecular flexibility index (Phi) is 5.30. The average Bonchev–Trinajstić information content (AvgIpc) is 2.94. The average molecular weight is 318 g/mol. The standard InChI is InChI=1S/C12H19N5O3.ClH/c1-8-9(17(19)20)10(16(2)15-8)11(18)14-12(7-13)5-3-4-6-12;/h3-7,13H2,1-2H3,(H,14,18);1H. The van der Waals surface area contributed by atoms with Crippen molar-refractivity contribution in [1.29, 1.82) is 0 Å². The molecule has 0 aromatic carbocycles. The van der Waals surface area contributed by atoms with Crippen molar-refractivity contribution >= 4 is 24.0 Å². The quantitative estimate of drug-likeness (QED) is 0.636. The van der Waals surface area contributed by atoms with Crippen LogP contribution in [-0.4, -0.2) is 32.7 Å².